The van der Waals surface area contributed by atoms with Gasteiger partial charge in [-0.15, -0.1) is 5.10 Å². The number of hydrogen-bond acceptors (Lipinski definition) is 4. The lowest BCUT2D eigenvalue weighted by Gasteiger charge is -2.03. The fourth-order valence-corrected chi connectivity index (χ4v) is 2.28. The van der Waals surface area contributed by atoms with Gasteiger partial charge in [-0.25, -0.2) is 8.78 Å². The number of aromatic nitrogens is 2. The molecule has 0 atom stereocenters. The van der Waals surface area contributed by atoms with Crippen LogP contribution in [0.2, 0.25) is 0 Å². The van der Waals surface area contributed by atoms with E-state index >= 15 is 0 Å². The van der Waals surface area contributed by atoms with Gasteiger partial charge in [0.1, 0.15) is 4.88 Å². The summed E-state index contributed by atoms with van der Waals surface area (Å²) in [7, 11) is 0. The molecule has 1 heterocycles. The van der Waals surface area contributed by atoms with Crippen molar-refractivity contribution >= 4 is 17.3 Å². The van der Waals surface area contributed by atoms with E-state index in [1.807, 2.05) is 13.8 Å². The number of rotatable bonds is 3. The van der Waals surface area contributed by atoms with Crippen LogP contribution in [0.25, 0.3) is 0 Å². The van der Waals surface area contributed by atoms with Gasteiger partial charge in [-0.05, 0) is 35.6 Å². The average Bonchev–Trinajstić information content (AvgIpc) is 2.81. The van der Waals surface area contributed by atoms with Crippen LogP contribution < -0.4 is 0 Å². The summed E-state index contributed by atoms with van der Waals surface area (Å²) >= 11 is 0.964. The highest BCUT2D eigenvalue weighted by atomic mass is 32.1. The molecular weight excluding hydrogens is 258 g/mol. The monoisotopic (exact) mass is 268 g/mol. The minimum atomic E-state index is -1.04. The molecule has 0 unspecified atom stereocenters. The van der Waals surface area contributed by atoms with Gasteiger partial charge in [0.05, 0.1) is 5.69 Å². The van der Waals surface area contributed by atoms with Gasteiger partial charge in [-0.1, -0.05) is 18.3 Å². The van der Waals surface area contributed by atoms with E-state index in [-0.39, 0.29) is 17.3 Å². The molecule has 0 aliphatic heterocycles. The first-order valence-corrected chi connectivity index (χ1v) is 6.10. The second-order valence-corrected chi connectivity index (χ2v) is 4.85. The average molecular weight is 268 g/mol. The lowest BCUT2D eigenvalue weighted by molar-refractivity contribution is 0.104. The Labute approximate surface area is 107 Å². The van der Waals surface area contributed by atoms with E-state index < -0.39 is 11.6 Å². The van der Waals surface area contributed by atoms with E-state index in [4.69, 9.17) is 0 Å². The van der Waals surface area contributed by atoms with Crippen LogP contribution in [0.1, 0.15) is 40.7 Å². The Balaban J connectivity index is 2.42. The van der Waals surface area contributed by atoms with Crippen molar-refractivity contribution in [2.45, 2.75) is 19.8 Å². The molecule has 2 rings (SSSR count). The smallest absolute Gasteiger partial charge is 0.206 e. The van der Waals surface area contributed by atoms with Crippen molar-refractivity contribution < 1.29 is 13.6 Å². The Hall–Kier alpha value is -1.69. The van der Waals surface area contributed by atoms with Crippen molar-refractivity contribution in [1.29, 1.82) is 0 Å². The summed E-state index contributed by atoms with van der Waals surface area (Å²) in [4.78, 5) is 12.5. The minimum absolute atomic E-state index is 0.0491. The van der Waals surface area contributed by atoms with Gasteiger partial charge in [0.2, 0.25) is 5.78 Å². The van der Waals surface area contributed by atoms with Crippen LogP contribution in [0.15, 0.2) is 18.2 Å². The van der Waals surface area contributed by atoms with Crippen molar-refractivity contribution in [3.8, 4) is 0 Å². The highest BCUT2D eigenvalue weighted by Crippen LogP contribution is 2.23. The summed E-state index contributed by atoms with van der Waals surface area (Å²) in [6.45, 7) is 3.78. The zero-order chi connectivity index (χ0) is 13.3. The van der Waals surface area contributed by atoms with E-state index in [0.717, 1.165) is 23.7 Å². The van der Waals surface area contributed by atoms with Crippen LogP contribution >= 0.6 is 11.5 Å². The van der Waals surface area contributed by atoms with Crippen LogP contribution in [0.5, 0.6) is 0 Å². The van der Waals surface area contributed by atoms with Gasteiger partial charge in [0.25, 0.3) is 0 Å². The highest BCUT2D eigenvalue weighted by Gasteiger charge is 2.20. The second kappa shape index (κ2) is 4.89. The van der Waals surface area contributed by atoms with E-state index in [2.05, 4.69) is 9.59 Å². The van der Waals surface area contributed by atoms with Crippen LogP contribution in [-0.2, 0) is 0 Å². The summed E-state index contributed by atoms with van der Waals surface area (Å²) in [5.41, 5.74) is 0.677. The zero-order valence-electron chi connectivity index (χ0n) is 9.78. The quantitative estimate of drug-likeness (QED) is 0.803. The molecular formula is C12H10F2N2OS. The SMILES string of the molecule is CC(C)c1nnsc1C(=O)c1ccc(F)c(F)c1. The molecule has 2 aromatic rings. The van der Waals surface area contributed by atoms with Gasteiger partial charge in [0, 0.05) is 5.56 Å². The fourth-order valence-electron chi connectivity index (χ4n) is 1.50. The van der Waals surface area contributed by atoms with Gasteiger partial charge >= 0.3 is 0 Å². The number of ketones is 1. The maximum Gasteiger partial charge on any atom is 0.206 e. The Morgan fingerprint density at radius 3 is 2.61 bits per heavy atom. The molecule has 1 aromatic heterocycles. The van der Waals surface area contributed by atoms with E-state index in [9.17, 15) is 13.6 Å². The Morgan fingerprint density at radius 1 is 1.28 bits per heavy atom. The highest BCUT2D eigenvalue weighted by molar-refractivity contribution is 7.08. The Kier molecular flexibility index (Phi) is 3.47. The third kappa shape index (κ3) is 2.28. The van der Waals surface area contributed by atoms with Crippen LogP contribution in [0, 0.1) is 11.6 Å². The lowest BCUT2D eigenvalue weighted by Crippen LogP contribution is -2.05. The number of benzene rings is 1. The number of carbonyl (C=O) groups excluding carboxylic acids is 1. The minimum Gasteiger partial charge on any atom is -0.288 e. The van der Waals surface area contributed by atoms with Crippen LogP contribution in [-0.4, -0.2) is 15.4 Å². The number of nitrogens with zero attached hydrogens (tertiary/aromatic N) is 2. The van der Waals surface area contributed by atoms with Crippen molar-refractivity contribution in [2.24, 2.45) is 0 Å². The van der Waals surface area contributed by atoms with Gasteiger partial charge < -0.3 is 0 Å². The van der Waals surface area contributed by atoms with Crippen LogP contribution in [0.4, 0.5) is 8.78 Å². The first-order valence-electron chi connectivity index (χ1n) is 5.32. The first-order chi connectivity index (χ1) is 8.50. The fraction of sp³-hybridized carbons (Fsp3) is 0.250. The second-order valence-electron chi connectivity index (χ2n) is 4.10. The van der Waals surface area contributed by atoms with Crippen molar-refractivity contribution in [3.63, 3.8) is 0 Å². The molecule has 94 valence electrons. The summed E-state index contributed by atoms with van der Waals surface area (Å²) in [6.07, 6.45) is 0. The predicted octanol–water partition coefficient (Wildman–Crippen LogP) is 3.17. The molecule has 3 nitrogen and oxygen atoms in total. The topological polar surface area (TPSA) is 42.9 Å². The van der Waals surface area contributed by atoms with Gasteiger partial charge in [0.15, 0.2) is 11.6 Å². The third-order valence-electron chi connectivity index (χ3n) is 2.45. The van der Waals surface area contributed by atoms with Crippen molar-refractivity contribution in [1.82, 2.24) is 9.59 Å². The summed E-state index contributed by atoms with van der Waals surface area (Å²) < 4.78 is 29.6. The van der Waals surface area contributed by atoms with E-state index in [1.54, 1.807) is 0 Å². The summed E-state index contributed by atoms with van der Waals surface area (Å²) in [6, 6.07) is 3.08. The Morgan fingerprint density at radius 2 is 2.00 bits per heavy atom. The molecule has 0 spiro atoms. The van der Waals surface area contributed by atoms with E-state index in [0.29, 0.717) is 10.6 Å². The molecule has 1 aromatic carbocycles. The molecule has 0 aliphatic rings. The number of hydrogen-bond donors (Lipinski definition) is 0. The maximum atomic E-state index is 13.1. The molecule has 18 heavy (non-hydrogen) atoms. The van der Waals surface area contributed by atoms with E-state index in [1.165, 1.54) is 6.07 Å². The number of carbonyl (C=O) groups is 1. The molecule has 0 radical (unpaired) electrons. The predicted molar refractivity (Wildman–Crippen MR) is 63.8 cm³/mol. The van der Waals surface area contributed by atoms with Crippen molar-refractivity contribution in [2.75, 3.05) is 0 Å². The molecule has 0 fully saturated rings. The molecule has 0 saturated carbocycles. The maximum absolute atomic E-state index is 13.1. The Bertz CT molecular complexity index is 596. The molecule has 0 bridgehead atoms. The third-order valence-corrected chi connectivity index (χ3v) is 3.19. The zero-order valence-corrected chi connectivity index (χ0v) is 10.6. The summed E-state index contributed by atoms with van der Waals surface area (Å²) in [5, 5.41) is 3.88. The summed E-state index contributed by atoms with van der Waals surface area (Å²) in [5.74, 6) is -2.34. The lowest BCUT2D eigenvalue weighted by atomic mass is 10.0. The molecule has 0 aliphatic carbocycles. The number of halogens is 2. The first kappa shape index (κ1) is 12.8. The van der Waals surface area contributed by atoms with Crippen molar-refractivity contribution in [3.05, 3.63) is 46.0 Å². The van der Waals surface area contributed by atoms with Crippen LogP contribution in [0.3, 0.4) is 0 Å². The largest absolute Gasteiger partial charge is 0.288 e. The molecule has 0 amide bonds. The standard InChI is InChI=1S/C12H10F2N2OS/c1-6(2)10-12(18-16-15-10)11(17)7-3-4-8(13)9(14)5-7/h3-6H,1-2H3. The molecule has 0 N–H and O–H groups in total. The van der Waals surface area contributed by atoms with Gasteiger partial charge in [-0.3, -0.25) is 4.79 Å². The van der Waals surface area contributed by atoms with Gasteiger partial charge in [-0.2, -0.15) is 0 Å². The molecule has 0 saturated heterocycles. The normalized spacial score (nSPS) is 10.9. The molecule has 6 heteroatoms.